The summed E-state index contributed by atoms with van der Waals surface area (Å²) in [6, 6.07) is 17.3. The summed E-state index contributed by atoms with van der Waals surface area (Å²) in [6.07, 6.45) is -4.64. The van der Waals surface area contributed by atoms with E-state index in [-0.39, 0.29) is 17.7 Å². The Labute approximate surface area is 237 Å². The molecule has 2 unspecified atom stereocenters. The Kier molecular flexibility index (Phi) is 8.42. The van der Waals surface area contributed by atoms with Crippen LogP contribution in [-0.2, 0) is 15.8 Å². The fourth-order valence-corrected chi connectivity index (χ4v) is 4.96. The number of aryl methyl sites for hydroxylation is 1. The van der Waals surface area contributed by atoms with E-state index in [0.29, 0.717) is 11.3 Å². The Morgan fingerprint density at radius 3 is 2.29 bits per heavy atom. The van der Waals surface area contributed by atoms with Gasteiger partial charge in [0.1, 0.15) is 12.6 Å². The third kappa shape index (κ3) is 7.45. The monoisotopic (exact) mass is 566 g/mol. The SMILES string of the molecule is Cc1cccc(NC(=O)NC2CC(c3ccccc3)c3cc(C(F)(F)F)ccc3N(CC(=O)NC(C)(C)C)C2=O)c1. The second-order valence-corrected chi connectivity index (χ2v) is 11.2. The smallest absolute Gasteiger partial charge is 0.350 e. The van der Waals surface area contributed by atoms with Crippen molar-refractivity contribution in [1.82, 2.24) is 10.6 Å². The van der Waals surface area contributed by atoms with Crippen molar-refractivity contribution in [3.63, 3.8) is 0 Å². The second-order valence-electron chi connectivity index (χ2n) is 11.2. The summed E-state index contributed by atoms with van der Waals surface area (Å²) in [5.41, 5.74) is 1.07. The number of nitrogens with zero attached hydrogens (tertiary/aromatic N) is 1. The summed E-state index contributed by atoms with van der Waals surface area (Å²) in [7, 11) is 0. The quantitative estimate of drug-likeness (QED) is 0.355. The Morgan fingerprint density at radius 1 is 0.951 bits per heavy atom. The van der Waals surface area contributed by atoms with Crippen LogP contribution in [0, 0.1) is 6.92 Å². The number of benzene rings is 3. The van der Waals surface area contributed by atoms with E-state index < -0.39 is 53.6 Å². The van der Waals surface area contributed by atoms with Crippen molar-refractivity contribution < 1.29 is 27.6 Å². The molecule has 216 valence electrons. The van der Waals surface area contributed by atoms with Crippen molar-refractivity contribution >= 4 is 29.2 Å². The minimum atomic E-state index is -4.62. The molecule has 0 saturated heterocycles. The lowest BCUT2D eigenvalue weighted by Gasteiger charge is -2.28. The van der Waals surface area contributed by atoms with E-state index in [1.54, 1.807) is 69.3 Å². The minimum absolute atomic E-state index is 0.0181. The number of carbonyl (C=O) groups excluding carboxylic acids is 3. The van der Waals surface area contributed by atoms with Crippen LogP contribution in [0.4, 0.5) is 29.3 Å². The number of halogens is 3. The molecule has 4 rings (SSSR count). The molecule has 1 heterocycles. The van der Waals surface area contributed by atoms with Crippen LogP contribution in [0.1, 0.15) is 55.4 Å². The van der Waals surface area contributed by atoms with Crippen LogP contribution >= 0.6 is 0 Å². The highest BCUT2D eigenvalue weighted by molar-refractivity contribution is 6.05. The van der Waals surface area contributed by atoms with Crippen molar-refractivity contribution in [3.8, 4) is 0 Å². The first-order valence-corrected chi connectivity index (χ1v) is 13.2. The normalized spacial score (nSPS) is 17.3. The first-order valence-electron chi connectivity index (χ1n) is 13.2. The van der Waals surface area contributed by atoms with E-state index in [4.69, 9.17) is 0 Å². The molecule has 41 heavy (non-hydrogen) atoms. The molecule has 4 amide bonds. The second kappa shape index (κ2) is 11.6. The summed E-state index contributed by atoms with van der Waals surface area (Å²) < 4.78 is 41.5. The van der Waals surface area contributed by atoms with Gasteiger partial charge in [-0.25, -0.2) is 4.79 Å². The van der Waals surface area contributed by atoms with Crippen molar-refractivity contribution in [2.45, 2.75) is 57.8 Å². The highest BCUT2D eigenvalue weighted by atomic mass is 19.4. The fraction of sp³-hybridized carbons (Fsp3) is 0.323. The molecule has 7 nitrogen and oxygen atoms in total. The number of hydrogen-bond acceptors (Lipinski definition) is 3. The summed E-state index contributed by atoms with van der Waals surface area (Å²) in [5, 5.41) is 8.22. The topological polar surface area (TPSA) is 90.5 Å². The first kappa shape index (κ1) is 29.6. The number of carbonyl (C=O) groups is 3. The molecule has 0 radical (unpaired) electrons. The largest absolute Gasteiger partial charge is 0.416 e. The van der Waals surface area contributed by atoms with Gasteiger partial charge in [0, 0.05) is 22.8 Å². The summed E-state index contributed by atoms with van der Waals surface area (Å²) in [4.78, 5) is 41.2. The maximum atomic E-state index is 14.0. The van der Waals surface area contributed by atoms with Gasteiger partial charge in [0.15, 0.2) is 0 Å². The van der Waals surface area contributed by atoms with E-state index in [1.165, 1.54) is 6.07 Å². The van der Waals surface area contributed by atoms with Gasteiger partial charge in [-0.3, -0.25) is 9.59 Å². The number of rotatable bonds is 5. The molecule has 0 fully saturated rings. The third-order valence-electron chi connectivity index (χ3n) is 6.66. The zero-order valence-corrected chi connectivity index (χ0v) is 23.3. The Morgan fingerprint density at radius 2 is 1.66 bits per heavy atom. The van der Waals surface area contributed by atoms with Crippen LogP contribution in [0.3, 0.4) is 0 Å². The van der Waals surface area contributed by atoms with E-state index in [9.17, 15) is 27.6 Å². The maximum absolute atomic E-state index is 14.0. The summed E-state index contributed by atoms with van der Waals surface area (Å²) in [5.74, 6) is -1.77. The number of fused-ring (bicyclic) bond motifs is 1. The summed E-state index contributed by atoms with van der Waals surface area (Å²) in [6.45, 7) is 6.78. The Hall–Kier alpha value is -4.34. The molecule has 1 aliphatic rings. The van der Waals surface area contributed by atoms with Gasteiger partial charge in [0.25, 0.3) is 0 Å². The van der Waals surface area contributed by atoms with E-state index in [0.717, 1.165) is 22.6 Å². The Balaban J connectivity index is 1.78. The van der Waals surface area contributed by atoms with E-state index in [2.05, 4.69) is 16.0 Å². The van der Waals surface area contributed by atoms with Crippen LogP contribution in [0.15, 0.2) is 72.8 Å². The van der Waals surface area contributed by atoms with Crippen molar-refractivity contribution in [2.24, 2.45) is 0 Å². The molecule has 1 aliphatic heterocycles. The van der Waals surface area contributed by atoms with Crippen molar-refractivity contribution in [3.05, 3.63) is 95.1 Å². The number of alkyl halides is 3. The maximum Gasteiger partial charge on any atom is 0.416 e. The van der Waals surface area contributed by atoms with Crippen LogP contribution in [-0.4, -0.2) is 36.0 Å². The molecule has 0 saturated carbocycles. The molecule has 3 aromatic carbocycles. The van der Waals surface area contributed by atoms with Gasteiger partial charge in [-0.15, -0.1) is 0 Å². The van der Waals surface area contributed by atoms with Gasteiger partial charge < -0.3 is 20.9 Å². The van der Waals surface area contributed by atoms with Gasteiger partial charge in [-0.1, -0.05) is 42.5 Å². The van der Waals surface area contributed by atoms with Crippen molar-refractivity contribution in [1.29, 1.82) is 0 Å². The molecular weight excluding hydrogens is 533 g/mol. The molecule has 0 aromatic heterocycles. The van der Waals surface area contributed by atoms with Gasteiger partial charge in [0.2, 0.25) is 11.8 Å². The van der Waals surface area contributed by atoms with Crippen LogP contribution in [0.5, 0.6) is 0 Å². The third-order valence-corrected chi connectivity index (χ3v) is 6.66. The molecule has 0 spiro atoms. The number of anilines is 2. The number of nitrogens with one attached hydrogen (secondary N) is 3. The fourth-order valence-electron chi connectivity index (χ4n) is 4.96. The lowest BCUT2D eigenvalue weighted by atomic mass is 9.85. The molecule has 10 heteroatoms. The van der Waals surface area contributed by atoms with Gasteiger partial charge in [-0.2, -0.15) is 13.2 Å². The average molecular weight is 567 g/mol. The van der Waals surface area contributed by atoms with Crippen molar-refractivity contribution in [2.75, 3.05) is 16.8 Å². The predicted molar refractivity (Wildman–Crippen MR) is 152 cm³/mol. The molecule has 3 N–H and O–H groups in total. The van der Waals surface area contributed by atoms with Gasteiger partial charge in [-0.05, 0) is 81.1 Å². The van der Waals surface area contributed by atoms with Crippen LogP contribution in [0.2, 0.25) is 0 Å². The first-order chi connectivity index (χ1) is 19.2. The van der Waals surface area contributed by atoms with Crippen LogP contribution < -0.4 is 20.9 Å². The lowest BCUT2D eigenvalue weighted by Crippen LogP contribution is -2.53. The molecular formula is C31H33F3N4O3. The van der Waals surface area contributed by atoms with Gasteiger partial charge >= 0.3 is 12.2 Å². The zero-order chi connectivity index (χ0) is 29.9. The highest BCUT2D eigenvalue weighted by Gasteiger charge is 2.40. The Bertz CT molecular complexity index is 1430. The number of urea groups is 1. The number of hydrogen-bond donors (Lipinski definition) is 3. The minimum Gasteiger partial charge on any atom is -0.350 e. The highest BCUT2D eigenvalue weighted by Crippen LogP contribution is 2.42. The van der Waals surface area contributed by atoms with Crippen LogP contribution in [0.25, 0.3) is 0 Å². The van der Waals surface area contributed by atoms with Gasteiger partial charge in [0.05, 0.1) is 5.56 Å². The average Bonchev–Trinajstić information content (AvgIpc) is 2.98. The molecule has 2 atom stereocenters. The van der Waals surface area contributed by atoms with E-state index in [1.807, 2.05) is 13.0 Å². The molecule has 0 bridgehead atoms. The molecule has 0 aliphatic carbocycles. The molecule has 3 aromatic rings. The lowest BCUT2D eigenvalue weighted by molar-refractivity contribution is -0.137. The summed E-state index contributed by atoms with van der Waals surface area (Å²) >= 11 is 0. The number of amides is 4. The standard InChI is InChI=1S/C31H33F3N4O3/c1-19-9-8-12-22(15-19)35-29(41)36-25-17-23(20-10-6-5-7-11-20)24-16-21(31(32,33)34)13-14-26(24)38(28(25)40)18-27(39)37-30(2,3)4/h5-16,23,25H,17-18H2,1-4H3,(H,37,39)(H2,35,36,41). The zero-order valence-electron chi connectivity index (χ0n) is 23.3. The predicted octanol–water partition coefficient (Wildman–Crippen LogP) is 5.99. The van der Waals surface area contributed by atoms with E-state index >= 15 is 0 Å².